The Morgan fingerprint density at radius 1 is 1.19 bits per heavy atom. The average Bonchev–Trinajstić information content (AvgIpc) is 2.33. The van der Waals surface area contributed by atoms with Gasteiger partial charge in [-0.2, -0.15) is 0 Å². The first kappa shape index (κ1) is 11.6. The molecule has 1 aromatic rings. The van der Waals surface area contributed by atoms with Crippen LogP contribution in [0.2, 0.25) is 0 Å². The summed E-state index contributed by atoms with van der Waals surface area (Å²) in [4.78, 5) is 2.53. The fraction of sp³-hybridized carbons (Fsp3) is 0.538. The number of nitrogens with zero attached hydrogens (tertiary/aromatic N) is 1. The van der Waals surface area contributed by atoms with Gasteiger partial charge in [0.2, 0.25) is 0 Å². The highest BCUT2D eigenvalue weighted by molar-refractivity contribution is 5.14. The fourth-order valence-electron chi connectivity index (χ4n) is 2.28. The standard InChI is InChI=1S/C13H21N3/c1-14-15-13-7-9-16(10-8-13)11-12-5-3-2-4-6-12/h2-6,13-15H,7-11H2,1H3. The quantitative estimate of drug-likeness (QED) is 0.749. The van der Waals surface area contributed by atoms with Crippen molar-refractivity contribution in [1.29, 1.82) is 0 Å². The van der Waals surface area contributed by atoms with Gasteiger partial charge in [0.25, 0.3) is 0 Å². The lowest BCUT2D eigenvalue weighted by Gasteiger charge is -2.32. The van der Waals surface area contributed by atoms with Crippen LogP contribution in [0.4, 0.5) is 0 Å². The molecular formula is C13H21N3. The van der Waals surface area contributed by atoms with Crippen LogP contribution in [0.3, 0.4) is 0 Å². The number of rotatable bonds is 4. The number of hydrazine groups is 1. The van der Waals surface area contributed by atoms with E-state index < -0.39 is 0 Å². The topological polar surface area (TPSA) is 27.3 Å². The first-order valence-corrected chi connectivity index (χ1v) is 6.07. The van der Waals surface area contributed by atoms with Crippen molar-refractivity contribution >= 4 is 0 Å². The fourth-order valence-corrected chi connectivity index (χ4v) is 2.28. The lowest BCUT2D eigenvalue weighted by Crippen LogP contribution is -2.46. The molecule has 0 radical (unpaired) electrons. The second-order valence-electron chi connectivity index (χ2n) is 4.43. The van der Waals surface area contributed by atoms with Crippen LogP contribution in [-0.4, -0.2) is 31.1 Å². The van der Waals surface area contributed by atoms with Crippen LogP contribution < -0.4 is 10.9 Å². The highest BCUT2D eigenvalue weighted by atomic mass is 15.4. The summed E-state index contributed by atoms with van der Waals surface area (Å²) in [5, 5.41) is 0. The van der Waals surface area contributed by atoms with Gasteiger partial charge in [0.15, 0.2) is 0 Å². The van der Waals surface area contributed by atoms with Gasteiger partial charge in [0.1, 0.15) is 0 Å². The molecule has 0 bridgehead atoms. The summed E-state index contributed by atoms with van der Waals surface area (Å²) >= 11 is 0. The van der Waals surface area contributed by atoms with Crippen molar-refractivity contribution < 1.29 is 0 Å². The maximum absolute atomic E-state index is 3.29. The van der Waals surface area contributed by atoms with Crippen LogP contribution in [0.1, 0.15) is 18.4 Å². The molecule has 3 nitrogen and oxygen atoms in total. The van der Waals surface area contributed by atoms with Crippen LogP contribution >= 0.6 is 0 Å². The molecule has 0 aromatic heterocycles. The summed E-state index contributed by atoms with van der Waals surface area (Å²) in [5.74, 6) is 0. The number of benzene rings is 1. The lowest BCUT2D eigenvalue weighted by atomic mass is 10.1. The van der Waals surface area contributed by atoms with Gasteiger partial charge in [0.05, 0.1) is 0 Å². The van der Waals surface area contributed by atoms with Gasteiger partial charge in [-0.1, -0.05) is 30.3 Å². The Labute approximate surface area is 97.8 Å². The van der Waals surface area contributed by atoms with Crippen LogP contribution in [-0.2, 0) is 6.54 Å². The zero-order chi connectivity index (χ0) is 11.2. The van der Waals surface area contributed by atoms with Gasteiger partial charge in [-0.25, -0.2) is 0 Å². The second kappa shape index (κ2) is 5.99. The molecule has 1 aliphatic heterocycles. The largest absolute Gasteiger partial charge is 0.299 e. The van der Waals surface area contributed by atoms with Crippen LogP contribution in [0.5, 0.6) is 0 Å². The number of hydrogen-bond donors (Lipinski definition) is 2. The van der Waals surface area contributed by atoms with Gasteiger partial charge in [-0.3, -0.25) is 15.8 Å². The molecule has 0 atom stereocenters. The van der Waals surface area contributed by atoms with Crippen molar-refractivity contribution in [3.8, 4) is 0 Å². The van der Waals surface area contributed by atoms with E-state index in [2.05, 4.69) is 46.1 Å². The van der Waals surface area contributed by atoms with E-state index in [0.29, 0.717) is 6.04 Å². The SMILES string of the molecule is CNNC1CCN(Cc2ccccc2)CC1. The Morgan fingerprint density at radius 3 is 2.50 bits per heavy atom. The minimum atomic E-state index is 0.636. The van der Waals surface area contributed by atoms with E-state index in [0.717, 1.165) is 6.54 Å². The first-order chi connectivity index (χ1) is 7.88. The van der Waals surface area contributed by atoms with E-state index in [-0.39, 0.29) is 0 Å². The molecule has 16 heavy (non-hydrogen) atoms. The Kier molecular flexibility index (Phi) is 4.34. The summed E-state index contributed by atoms with van der Waals surface area (Å²) in [5.41, 5.74) is 7.74. The molecule has 1 heterocycles. The molecule has 1 aromatic carbocycles. The zero-order valence-electron chi connectivity index (χ0n) is 9.95. The highest BCUT2D eigenvalue weighted by Crippen LogP contribution is 2.13. The Bertz CT molecular complexity index is 291. The number of piperidine rings is 1. The molecule has 88 valence electrons. The van der Waals surface area contributed by atoms with Gasteiger partial charge in [-0.05, 0) is 25.5 Å². The number of likely N-dealkylation sites (tertiary alicyclic amines) is 1. The van der Waals surface area contributed by atoms with E-state index in [4.69, 9.17) is 0 Å². The van der Waals surface area contributed by atoms with Crippen molar-refractivity contribution in [1.82, 2.24) is 15.8 Å². The maximum atomic E-state index is 3.29. The molecule has 0 saturated carbocycles. The van der Waals surface area contributed by atoms with Gasteiger partial charge >= 0.3 is 0 Å². The molecule has 0 spiro atoms. The number of nitrogens with one attached hydrogen (secondary N) is 2. The summed E-state index contributed by atoms with van der Waals surface area (Å²) in [6.45, 7) is 3.47. The zero-order valence-corrected chi connectivity index (χ0v) is 9.95. The summed E-state index contributed by atoms with van der Waals surface area (Å²) < 4.78 is 0. The minimum absolute atomic E-state index is 0.636. The van der Waals surface area contributed by atoms with Crippen LogP contribution in [0, 0.1) is 0 Å². The third-order valence-corrected chi connectivity index (χ3v) is 3.19. The smallest absolute Gasteiger partial charge is 0.0237 e. The molecular weight excluding hydrogens is 198 g/mol. The Hall–Kier alpha value is -0.900. The van der Waals surface area contributed by atoms with Crippen molar-refractivity contribution in [2.24, 2.45) is 0 Å². The third kappa shape index (κ3) is 3.30. The monoisotopic (exact) mass is 219 g/mol. The maximum Gasteiger partial charge on any atom is 0.0237 e. The molecule has 2 rings (SSSR count). The highest BCUT2D eigenvalue weighted by Gasteiger charge is 2.17. The average molecular weight is 219 g/mol. The minimum Gasteiger partial charge on any atom is -0.299 e. The van der Waals surface area contributed by atoms with Crippen molar-refractivity contribution in [2.75, 3.05) is 20.1 Å². The van der Waals surface area contributed by atoms with E-state index in [1.807, 2.05) is 7.05 Å². The van der Waals surface area contributed by atoms with Crippen LogP contribution in [0.25, 0.3) is 0 Å². The van der Waals surface area contributed by atoms with Crippen molar-refractivity contribution in [3.05, 3.63) is 35.9 Å². The normalized spacial score (nSPS) is 18.8. The Balaban J connectivity index is 1.77. The Morgan fingerprint density at radius 2 is 1.88 bits per heavy atom. The second-order valence-corrected chi connectivity index (χ2v) is 4.43. The number of hydrogen-bond acceptors (Lipinski definition) is 3. The predicted octanol–water partition coefficient (Wildman–Crippen LogP) is 1.37. The lowest BCUT2D eigenvalue weighted by molar-refractivity contribution is 0.185. The summed E-state index contributed by atoms with van der Waals surface area (Å²) in [6.07, 6.45) is 2.46. The third-order valence-electron chi connectivity index (χ3n) is 3.19. The van der Waals surface area contributed by atoms with Gasteiger partial charge < -0.3 is 0 Å². The van der Waals surface area contributed by atoms with Crippen molar-refractivity contribution in [2.45, 2.75) is 25.4 Å². The first-order valence-electron chi connectivity index (χ1n) is 6.07. The van der Waals surface area contributed by atoms with Gasteiger partial charge in [-0.15, -0.1) is 0 Å². The molecule has 0 aliphatic carbocycles. The van der Waals surface area contributed by atoms with Crippen molar-refractivity contribution in [3.63, 3.8) is 0 Å². The molecule has 0 amide bonds. The van der Waals surface area contributed by atoms with E-state index >= 15 is 0 Å². The molecule has 3 heteroatoms. The van der Waals surface area contributed by atoms with E-state index in [9.17, 15) is 0 Å². The summed E-state index contributed by atoms with van der Waals surface area (Å²) in [7, 11) is 1.94. The molecule has 0 unspecified atom stereocenters. The molecule has 2 N–H and O–H groups in total. The van der Waals surface area contributed by atoms with Crippen LogP contribution in [0.15, 0.2) is 30.3 Å². The van der Waals surface area contributed by atoms with E-state index in [1.165, 1.54) is 31.5 Å². The molecule has 1 saturated heterocycles. The van der Waals surface area contributed by atoms with E-state index in [1.54, 1.807) is 0 Å². The van der Waals surface area contributed by atoms with Gasteiger partial charge in [0, 0.05) is 25.7 Å². The molecule has 1 fully saturated rings. The predicted molar refractivity (Wildman–Crippen MR) is 66.9 cm³/mol. The molecule has 1 aliphatic rings. The summed E-state index contributed by atoms with van der Waals surface area (Å²) in [6, 6.07) is 11.4.